The predicted molar refractivity (Wildman–Crippen MR) is 82.9 cm³/mol. The summed E-state index contributed by atoms with van der Waals surface area (Å²) < 4.78 is 5.62. The van der Waals surface area contributed by atoms with Crippen LogP contribution in [0.1, 0.15) is 18.4 Å². The van der Waals surface area contributed by atoms with E-state index < -0.39 is 0 Å². The SMILES string of the molecule is COC(=O)CCC1(c2ccc(Br)cc2)C=CC=CS1. The molecule has 0 N–H and O–H groups in total. The van der Waals surface area contributed by atoms with Crippen LogP contribution in [-0.2, 0) is 14.3 Å². The summed E-state index contributed by atoms with van der Waals surface area (Å²) in [5.41, 5.74) is 1.20. The minimum absolute atomic E-state index is 0.167. The molecule has 0 aliphatic carbocycles. The lowest BCUT2D eigenvalue weighted by Gasteiger charge is -2.31. The van der Waals surface area contributed by atoms with Gasteiger partial charge in [-0.05, 0) is 29.5 Å². The number of halogens is 1. The number of thioether (sulfide) groups is 1. The minimum atomic E-state index is -0.177. The molecule has 0 amide bonds. The van der Waals surface area contributed by atoms with E-state index >= 15 is 0 Å². The maximum atomic E-state index is 11.4. The summed E-state index contributed by atoms with van der Waals surface area (Å²) in [5.74, 6) is -0.167. The first-order valence-corrected chi connectivity index (χ1v) is 7.69. The van der Waals surface area contributed by atoms with Gasteiger partial charge in [-0.2, -0.15) is 0 Å². The van der Waals surface area contributed by atoms with E-state index in [2.05, 4.69) is 39.5 Å². The second-order valence-electron chi connectivity index (χ2n) is 4.28. The van der Waals surface area contributed by atoms with Gasteiger partial charge in [0.25, 0.3) is 0 Å². The van der Waals surface area contributed by atoms with Gasteiger partial charge in [-0.1, -0.05) is 46.3 Å². The Kier molecular flexibility index (Phi) is 4.88. The zero-order valence-corrected chi connectivity index (χ0v) is 13.0. The van der Waals surface area contributed by atoms with Crippen LogP contribution in [0.5, 0.6) is 0 Å². The van der Waals surface area contributed by atoms with Gasteiger partial charge in [0.15, 0.2) is 0 Å². The summed E-state index contributed by atoms with van der Waals surface area (Å²) >= 11 is 5.18. The largest absolute Gasteiger partial charge is 0.469 e. The fraction of sp³-hybridized carbons (Fsp3) is 0.267. The number of hydrogen-bond donors (Lipinski definition) is 0. The lowest BCUT2D eigenvalue weighted by Crippen LogP contribution is -2.21. The van der Waals surface area contributed by atoms with Crippen LogP contribution in [-0.4, -0.2) is 13.1 Å². The number of benzene rings is 1. The molecule has 1 aromatic carbocycles. The smallest absolute Gasteiger partial charge is 0.305 e. The second kappa shape index (κ2) is 6.44. The maximum absolute atomic E-state index is 11.4. The van der Waals surface area contributed by atoms with Gasteiger partial charge in [-0.3, -0.25) is 4.79 Å². The first-order valence-electron chi connectivity index (χ1n) is 6.01. The van der Waals surface area contributed by atoms with Crippen LogP contribution >= 0.6 is 27.7 Å². The molecule has 1 atom stereocenters. The van der Waals surface area contributed by atoms with Crippen molar-refractivity contribution in [2.45, 2.75) is 17.6 Å². The third-order valence-electron chi connectivity index (χ3n) is 3.09. The molecule has 1 heterocycles. The number of carbonyl (C=O) groups is 1. The van der Waals surface area contributed by atoms with Crippen molar-refractivity contribution in [3.8, 4) is 0 Å². The Morgan fingerprint density at radius 2 is 2.05 bits per heavy atom. The molecule has 19 heavy (non-hydrogen) atoms. The average Bonchev–Trinajstić information content (AvgIpc) is 2.46. The highest BCUT2D eigenvalue weighted by molar-refractivity contribution is 9.10. The molecule has 0 saturated carbocycles. The van der Waals surface area contributed by atoms with Gasteiger partial charge >= 0.3 is 5.97 Å². The van der Waals surface area contributed by atoms with E-state index in [-0.39, 0.29) is 10.7 Å². The van der Waals surface area contributed by atoms with E-state index in [1.165, 1.54) is 12.7 Å². The van der Waals surface area contributed by atoms with Crippen molar-refractivity contribution in [3.05, 3.63) is 57.9 Å². The summed E-state index contributed by atoms with van der Waals surface area (Å²) in [5, 5.41) is 2.07. The van der Waals surface area contributed by atoms with Gasteiger partial charge in [0.1, 0.15) is 0 Å². The van der Waals surface area contributed by atoms with E-state index in [9.17, 15) is 4.79 Å². The van der Waals surface area contributed by atoms with Gasteiger partial charge in [0.05, 0.1) is 11.9 Å². The quantitative estimate of drug-likeness (QED) is 0.760. The van der Waals surface area contributed by atoms with E-state index in [0.29, 0.717) is 6.42 Å². The van der Waals surface area contributed by atoms with Crippen molar-refractivity contribution < 1.29 is 9.53 Å². The Morgan fingerprint density at radius 3 is 2.63 bits per heavy atom. The van der Waals surface area contributed by atoms with E-state index in [1.54, 1.807) is 11.8 Å². The molecule has 1 aliphatic heterocycles. The number of rotatable bonds is 4. The number of carbonyl (C=O) groups excluding carboxylic acids is 1. The molecule has 4 heteroatoms. The van der Waals surface area contributed by atoms with Crippen molar-refractivity contribution in [2.75, 3.05) is 7.11 Å². The van der Waals surface area contributed by atoms with Crippen molar-refractivity contribution in [1.82, 2.24) is 0 Å². The normalized spacial score (nSPS) is 21.4. The first-order chi connectivity index (χ1) is 9.16. The zero-order chi connectivity index (χ0) is 13.7. The molecular formula is C15H15BrO2S. The van der Waals surface area contributed by atoms with Crippen LogP contribution in [0, 0.1) is 0 Å². The maximum Gasteiger partial charge on any atom is 0.305 e. The van der Waals surface area contributed by atoms with Crippen molar-refractivity contribution in [2.24, 2.45) is 0 Å². The summed E-state index contributed by atoms with van der Waals surface area (Å²) in [6, 6.07) is 8.25. The minimum Gasteiger partial charge on any atom is -0.469 e. The Labute approximate surface area is 126 Å². The molecule has 0 fully saturated rings. The molecule has 1 aromatic rings. The molecule has 0 spiro atoms. The lowest BCUT2D eigenvalue weighted by atomic mass is 9.92. The van der Waals surface area contributed by atoms with Crippen molar-refractivity contribution in [3.63, 3.8) is 0 Å². The standard InChI is InChI=1S/C15H15BrO2S/c1-18-14(17)8-10-15(9-2-3-11-19-15)12-4-6-13(16)7-5-12/h2-7,9,11H,8,10H2,1H3. The van der Waals surface area contributed by atoms with E-state index in [4.69, 9.17) is 4.74 Å². The van der Waals surface area contributed by atoms with Crippen LogP contribution in [0.4, 0.5) is 0 Å². The molecule has 0 radical (unpaired) electrons. The van der Waals surface area contributed by atoms with Gasteiger partial charge in [-0.25, -0.2) is 0 Å². The monoisotopic (exact) mass is 338 g/mol. The second-order valence-corrected chi connectivity index (χ2v) is 6.43. The molecule has 0 saturated heterocycles. The molecule has 0 bridgehead atoms. The number of ether oxygens (including phenoxy) is 1. The van der Waals surface area contributed by atoms with Gasteiger partial charge in [-0.15, -0.1) is 11.8 Å². The molecule has 100 valence electrons. The molecule has 0 aromatic heterocycles. The van der Waals surface area contributed by atoms with E-state index in [1.807, 2.05) is 24.3 Å². The molecule has 2 nitrogen and oxygen atoms in total. The third-order valence-corrected chi connectivity index (χ3v) is 4.91. The molecular weight excluding hydrogens is 324 g/mol. The van der Waals surface area contributed by atoms with Crippen LogP contribution in [0.2, 0.25) is 0 Å². The number of hydrogen-bond acceptors (Lipinski definition) is 3. The molecule has 1 aliphatic rings. The van der Waals surface area contributed by atoms with E-state index in [0.717, 1.165) is 10.9 Å². The number of allylic oxidation sites excluding steroid dienone is 2. The van der Waals surface area contributed by atoms with Crippen LogP contribution in [0.3, 0.4) is 0 Å². The Bertz CT molecular complexity index is 507. The van der Waals surface area contributed by atoms with Crippen LogP contribution in [0.15, 0.2) is 52.4 Å². The average molecular weight is 339 g/mol. The summed E-state index contributed by atoms with van der Waals surface area (Å²) in [6.07, 6.45) is 7.35. The summed E-state index contributed by atoms with van der Waals surface area (Å²) in [4.78, 5) is 11.4. The highest BCUT2D eigenvalue weighted by atomic mass is 79.9. The van der Waals surface area contributed by atoms with Crippen molar-refractivity contribution in [1.29, 1.82) is 0 Å². The number of esters is 1. The van der Waals surface area contributed by atoms with Crippen LogP contribution in [0.25, 0.3) is 0 Å². The highest BCUT2D eigenvalue weighted by Crippen LogP contribution is 2.45. The van der Waals surface area contributed by atoms with Gasteiger partial charge in [0.2, 0.25) is 0 Å². The highest BCUT2D eigenvalue weighted by Gasteiger charge is 2.31. The fourth-order valence-electron chi connectivity index (χ4n) is 2.03. The summed E-state index contributed by atoms with van der Waals surface area (Å²) in [7, 11) is 1.43. The topological polar surface area (TPSA) is 26.3 Å². The molecule has 2 rings (SSSR count). The van der Waals surface area contributed by atoms with Gasteiger partial charge < -0.3 is 4.74 Å². The predicted octanol–water partition coefficient (Wildman–Crippen LogP) is 4.41. The molecule has 1 unspecified atom stereocenters. The number of methoxy groups -OCH3 is 1. The van der Waals surface area contributed by atoms with Gasteiger partial charge in [0, 0.05) is 10.9 Å². The Morgan fingerprint density at radius 1 is 1.32 bits per heavy atom. The Hall–Kier alpha value is -1.00. The van der Waals surface area contributed by atoms with Crippen LogP contribution < -0.4 is 0 Å². The first kappa shape index (κ1) is 14.4. The Balaban J connectivity index is 2.24. The summed E-state index contributed by atoms with van der Waals surface area (Å²) in [6.45, 7) is 0. The third kappa shape index (κ3) is 3.51. The zero-order valence-electron chi connectivity index (χ0n) is 10.6. The van der Waals surface area contributed by atoms with Crippen molar-refractivity contribution >= 4 is 33.7 Å². The lowest BCUT2D eigenvalue weighted by molar-refractivity contribution is -0.140. The fourth-order valence-corrected chi connectivity index (χ4v) is 3.35.